The highest BCUT2D eigenvalue weighted by Crippen LogP contribution is 2.28. The number of hydrogen-bond acceptors (Lipinski definition) is 5. The first-order chi connectivity index (χ1) is 14.2. The molecule has 1 atom stereocenters. The largest absolute Gasteiger partial charge is 0.493 e. The standard InChI is InChI=1S/C24H34N2O3/c1-19-7-3-4-8-21(19)11-12-25-16-20-9-10-23(24(15-20)28-2)29-18-22(27)17-26-13-5-6-14-26/h3-4,7-10,15,22,25,27H,5-6,11-14,16-18H2,1-2H3/t22-/m1/s1. The molecule has 0 radical (unpaired) electrons. The molecule has 0 bridgehead atoms. The Kier molecular flexibility index (Phi) is 8.35. The number of aryl methyl sites for hydroxylation is 1. The quantitative estimate of drug-likeness (QED) is 0.570. The monoisotopic (exact) mass is 398 g/mol. The van der Waals surface area contributed by atoms with Crippen LogP contribution in [0.25, 0.3) is 0 Å². The van der Waals surface area contributed by atoms with Crippen LogP contribution < -0.4 is 14.8 Å². The third-order valence-corrected chi connectivity index (χ3v) is 5.49. The van der Waals surface area contributed by atoms with E-state index < -0.39 is 6.10 Å². The van der Waals surface area contributed by atoms with Gasteiger partial charge in [-0.25, -0.2) is 0 Å². The van der Waals surface area contributed by atoms with E-state index in [-0.39, 0.29) is 6.61 Å². The molecule has 0 spiro atoms. The molecule has 2 N–H and O–H groups in total. The predicted octanol–water partition coefficient (Wildman–Crippen LogP) is 3.17. The molecule has 0 saturated carbocycles. The van der Waals surface area contributed by atoms with Crippen molar-refractivity contribution in [2.24, 2.45) is 0 Å². The second-order valence-electron chi connectivity index (χ2n) is 7.81. The van der Waals surface area contributed by atoms with E-state index in [1.807, 2.05) is 18.2 Å². The van der Waals surface area contributed by atoms with Crippen LogP contribution in [0.15, 0.2) is 42.5 Å². The lowest BCUT2D eigenvalue weighted by atomic mass is 10.1. The highest BCUT2D eigenvalue weighted by molar-refractivity contribution is 5.43. The molecule has 0 aliphatic carbocycles. The summed E-state index contributed by atoms with van der Waals surface area (Å²) in [5.41, 5.74) is 3.87. The minimum absolute atomic E-state index is 0.279. The summed E-state index contributed by atoms with van der Waals surface area (Å²) in [7, 11) is 1.65. The van der Waals surface area contributed by atoms with E-state index >= 15 is 0 Å². The number of hydrogen-bond donors (Lipinski definition) is 2. The Labute approximate surface area is 174 Å². The number of β-amino-alcohol motifs (C(OH)–C–C–N with tert-alkyl or cyclic N) is 1. The second-order valence-corrected chi connectivity index (χ2v) is 7.81. The molecule has 5 nitrogen and oxygen atoms in total. The lowest BCUT2D eigenvalue weighted by molar-refractivity contribution is 0.0747. The van der Waals surface area contributed by atoms with Crippen LogP contribution in [0.1, 0.15) is 29.5 Å². The van der Waals surface area contributed by atoms with Gasteiger partial charge >= 0.3 is 0 Å². The van der Waals surface area contributed by atoms with E-state index in [1.54, 1.807) is 7.11 Å². The normalized spacial score (nSPS) is 15.4. The van der Waals surface area contributed by atoms with Crippen LogP contribution in [0.2, 0.25) is 0 Å². The van der Waals surface area contributed by atoms with E-state index in [4.69, 9.17) is 9.47 Å². The lowest BCUT2D eigenvalue weighted by Gasteiger charge is -2.20. The summed E-state index contributed by atoms with van der Waals surface area (Å²) >= 11 is 0. The summed E-state index contributed by atoms with van der Waals surface area (Å²) in [4.78, 5) is 2.29. The lowest BCUT2D eigenvalue weighted by Crippen LogP contribution is -2.33. The number of aliphatic hydroxyl groups excluding tert-OH is 1. The summed E-state index contributed by atoms with van der Waals surface area (Å²) in [5, 5.41) is 13.7. The van der Waals surface area contributed by atoms with Crippen LogP contribution in [0.4, 0.5) is 0 Å². The zero-order chi connectivity index (χ0) is 20.5. The Bertz CT molecular complexity index is 760. The van der Waals surface area contributed by atoms with Crippen LogP contribution in [0.3, 0.4) is 0 Å². The molecule has 1 aliphatic heterocycles. The minimum Gasteiger partial charge on any atom is -0.493 e. The molecular weight excluding hydrogens is 364 g/mol. The van der Waals surface area contributed by atoms with Gasteiger partial charge in [0.15, 0.2) is 11.5 Å². The van der Waals surface area contributed by atoms with Gasteiger partial charge in [0.25, 0.3) is 0 Å². The van der Waals surface area contributed by atoms with Crippen LogP contribution in [-0.4, -0.2) is 56.0 Å². The van der Waals surface area contributed by atoms with Crippen LogP contribution in [0.5, 0.6) is 11.5 Å². The fraction of sp³-hybridized carbons (Fsp3) is 0.500. The van der Waals surface area contributed by atoms with Gasteiger partial charge in [0.2, 0.25) is 0 Å². The second kappa shape index (κ2) is 11.2. The first-order valence-corrected chi connectivity index (χ1v) is 10.6. The number of likely N-dealkylation sites (tertiary alicyclic amines) is 1. The molecule has 1 aliphatic rings. The van der Waals surface area contributed by atoms with Crippen molar-refractivity contribution in [3.8, 4) is 11.5 Å². The van der Waals surface area contributed by atoms with Gasteiger partial charge < -0.3 is 24.8 Å². The van der Waals surface area contributed by atoms with Gasteiger partial charge in [-0.1, -0.05) is 30.3 Å². The molecule has 0 amide bonds. The van der Waals surface area contributed by atoms with Crippen molar-refractivity contribution in [3.05, 3.63) is 59.2 Å². The molecule has 2 aromatic rings. The van der Waals surface area contributed by atoms with E-state index in [2.05, 4.69) is 41.4 Å². The minimum atomic E-state index is -0.486. The molecular formula is C24H34N2O3. The summed E-state index contributed by atoms with van der Waals surface area (Å²) in [6.45, 7) is 6.96. The van der Waals surface area contributed by atoms with Gasteiger partial charge in [-0.3, -0.25) is 0 Å². The summed E-state index contributed by atoms with van der Waals surface area (Å²) in [6.07, 6.45) is 2.98. The zero-order valence-electron chi connectivity index (χ0n) is 17.7. The smallest absolute Gasteiger partial charge is 0.161 e. The molecule has 1 saturated heterocycles. The first-order valence-electron chi connectivity index (χ1n) is 10.6. The van der Waals surface area contributed by atoms with Gasteiger partial charge in [-0.2, -0.15) is 0 Å². The number of methoxy groups -OCH3 is 1. The molecule has 158 valence electrons. The molecule has 1 fully saturated rings. The Hall–Kier alpha value is -2.08. The van der Waals surface area contributed by atoms with Crippen molar-refractivity contribution in [2.45, 2.75) is 38.8 Å². The number of nitrogens with one attached hydrogen (secondary N) is 1. The molecule has 2 aromatic carbocycles. The third kappa shape index (κ3) is 6.74. The topological polar surface area (TPSA) is 54.0 Å². The number of nitrogens with zero attached hydrogens (tertiary/aromatic N) is 1. The third-order valence-electron chi connectivity index (χ3n) is 5.49. The molecule has 0 aromatic heterocycles. The Balaban J connectivity index is 1.44. The average Bonchev–Trinajstić information content (AvgIpc) is 3.24. The number of rotatable bonds is 11. The summed E-state index contributed by atoms with van der Waals surface area (Å²) in [6, 6.07) is 14.5. The molecule has 3 rings (SSSR count). The van der Waals surface area contributed by atoms with Crippen molar-refractivity contribution in [3.63, 3.8) is 0 Å². The van der Waals surface area contributed by atoms with E-state index in [0.717, 1.165) is 38.2 Å². The van der Waals surface area contributed by atoms with Crippen molar-refractivity contribution >= 4 is 0 Å². The van der Waals surface area contributed by atoms with E-state index in [9.17, 15) is 5.11 Å². The highest BCUT2D eigenvalue weighted by Gasteiger charge is 2.17. The van der Waals surface area contributed by atoms with Crippen molar-refractivity contribution < 1.29 is 14.6 Å². The fourth-order valence-electron chi connectivity index (χ4n) is 3.79. The van der Waals surface area contributed by atoms with Crippen LogP contribution in [0, 0.1) is 6.92 Å². The summed E-state index contributed by atoms with van der Waals surface area (Å²) in [5.74, 6) is 1.38. The van der Waals surface area contributed by atoms with Gasteiger partial charge in [0, 0.05) is 13.1 Å². The van der Waals surface area contributed by atoms with E-state index in [1.165, 1.54) is 24.0 Å². The number of ether oxygens (including phenoxy) is 2. The van der Waals surface area contributed by atoms with Gasteiger partial charge in [0.05, 0.1) is 7.11 Å². The van der Waals surface area contributed by atoms with Gasteiger partial charge in [-0.05, 0) is 74.6 Å². The first kappa shape index (κ1) is 21.6. The Morgan fingerprint density at radius 2 is 1.90 bits per heavy atom. The molecule has 29 heavy (non-hydrogen) atoms. The van der Waals surface area contributed by atoms with Crippen molar-refractivity contribution in [1.29, 1.82) is 0 Å². The Morgan fingerprint density at radius 3 is 2.66 bits per heavy atom. The molecule has 1 heterocycles. The summed E-state index contributed by atoms with van der Waals surface area (Å²) < 4.78 is 11.3. The SMILES string of the molecule is COc1cc(CNCCc2ccccc2C)ccc1OC[C@H](O)CN1CCCC1. The Morgan fingerprint density at radius 1 is 1.10 bits per heavy atom. The van der Waals surface area contributed by atoms with Crippen LogP contribution in [-0.2, 0) is 13.0 Å². The van der Waals surface area contributed by atoms with Crippen molar-refractivity contribution in [1.82, 2.24) is 10.2 Å². The maximum atomic E-state index is 10.2. The zero-order valence-corrected chi connectivity index (χ0v) is 17.7. The van der Waals surface area contributed by atoms with Gasteiger partial charge in [0.1, 0.15) is 12.7 Å². The molecule has 0 unspecified atom stereocenters. The van der Waals surface area contributed by atoms with Crippen LogP contribution >= 0.6 is 0 Å². The maximum Gasteiger partial charge on any atom is 0.161 e. The average molecular weight is 399 g/mol. The highest BCUT2D eigenvalue weighted by atomic mass is 16.5. The van der Waals surface area contributed by atoms with Crippen molar-refractivity contribution in [2.75, 3.05) is 39.9 Å². The van der Waals surface area contributed by atoms with E-state index in [0.29, 0.717) is 18.0 Å². The molecule has 5 heteroatoms. The number of aliphatic hydroxyl groups is 1. The fourth-order valence-corrected chi connectivity index (χ4v) is 3.79. The predicted molar refractivity (Wildman–Crippen MR) is 117 cm³/mol. The maximum absolute atomic E-state index is 10.2. The number of benzene rings is 2. The van der Waals surface area contributed by atoms with Gasteiger partial charge in [-0.15, -0.1) is 0 Å².